The first-order valence-corrected chi connectivity index (χ1v) is 9.96. The van der Waals surface area contributed by atoms with Crippen molar-refractivity contribution in [2.45, 2.75) is 18.9 Å². The molecule has 0 aliphatic carbocycles. The number of H-pyrrole nitrogens is 1. The Morgan fingerprint density at radius 2 is 2.00 bits per heavy atom. The molecule has 2 heterocycles. The van der Waals surface area contributed by atoms with Crippen molar-refractivity contribution in [1.82, 2.24) is 15.2 Å². The number of hydrogen-bond donors (Lipinski definition) is 2. The van der Waals surface area contributed by atoms with Crippen LogP contribution in [0.2, 0.25) is 5.15 Å². The normalized spacial score (nSPS) is 11.4. The van der Waals surface area contributed by atoms with Crippen molar-refractivity contribution in [2.24, 2.45) is 0 Å². The Morgan fingerprint density at radius 1 is 1.30 bits per heavy atom. The molecule has 0 unspecified atom stereocenters. The summed E-state index contributed by atoms with van der Waals surface area (Å²) in [5.74, 6) is -0.522. The molecule has 2 aromatic heterocycles. The van der Waals surface area contributed by atoms with E-state index in [1.54, 1.807) is 26.0 Å². The van der Waals surface area contributed by atoms with Crippen LogP contribution in [0.5, 0.6) is 0 Å². The maximum atomic E-state index is 12.6. The van der Waals surface area contributed by atoms with Gasteiger partial charge in [0.05, 0.1) is 11.1 Å². The lowest BCUT2D eigenvalue weighted by Crippen LogP contribution is -2.17. The highest BCUT2D eigenvalue weighted by Crippen LogP contribution is 2.26. The minimum atomic E-state index is -3.50. The summed E-state index contributed by atoms with van der Waals surface area (Å²) in [5, 5.41) is 18.5. The van der Waals surface area contributed by atoms with Gasteiger partial charge in [-0.25, -0.2) is 13.4 Å². The number of benzene rings is 1. The number of anilines is 1. The summed E-state index contributed by atoms with van der Waals surface area (Å²) in [7, 11) is -3.50. The van der Waals surface area contributed by atoms with Crippen molar-refractivity contribution in [3.05, 3.63) is 45.7 Å². The average Bonchev–Trinajstić information content (AvgIpc) is 3.02. The zero-order chi connectivity index (χ0) is 19.9. The van der Waals surface area contributed by atoms with Crippen LogP contribution in [-0.2, 0) is 9.84 Å². The molecule has 1 amide bonds. The summed E-state index contributed by atoms with van der Waals surface area (Å²) in [6.45, 7) is 3.36. The number of carbonyl (C=O) groups excluding carboxylic acids is 1. The summed E-state index contributed by atoms with van der Waals surface area (Å²) in [6, 6.07) is 6.67. The van der Waals surface area contributed by atoms with Gasteiger partial charge in [0.15, 0.2) is 14.9 Å². The number of sulfone groups is 1. The van der Waals surface area contributed by atoms with Crippen molar-refractivity contribution in [2.75, 3.05) is 11.6 Å². The molecule has 0 radical (unpaired) electrons. The molecule has 0 aliphatic rings. The molecule has 0 bridgehead atoms. The van der Waals surface area contributed by atoms with E-state index in [4.69, 9.17) is 16.9 Å². The van der Waals surface area contributed by atoms with E-state index >= 15 is 0 Å². The van der Waals surface area contributed by atoms with Crippen LogP contribution in [0.15, 0.2) is 23.2 Å². The van der Waals surface area contributed by atoms with E-state index in [9.17, 15) is 13.2 Å². The fraction of sp³-hybridized carbons (Fsp3) is 0.176. The van der Waals surface area contributed by atoms with Crippen molar-refractivity contribution < 1.29 is 13.2 Å². The number of nitrogens with one attached hydrogen (secondary N) is 2. The lowest BCUT2D eigenvalue weighted by Gasteiger charge is -2.11. The minimum absolute atomic E-state index is 0.0276. The number of fused-ring (bicyclic) bond motifs is 1. The maximum absolute atomic E-state index is 12.6. The van der Waals surface area contributed by atoms with Gasteiger partial charge in [-0.15, -0.1) is 0 Å². The molecule has 8 nitrogen and oxygen atoms in total. The SMILES string of the molecule is Cc1c(C(=O)Nc2ccc3n[nH]c(S(C)(=O)=O)c3c2)nc(Cl)c(C#N)c1C. The molecule has 1 aromatic carbocycles. The van der Waals surface area contributed by atoms with Crippen LogP contribution in [0, 0.1) is 25.2 Å². The third kappa shape index (κ3) is 3.37. The van der Waals surface area contributed by atoms with Crippen LogP contribution in [0.1, 0.15) is 27.2 Å². The highest BCUT2D eigenvalue weighted by molar-refractivity contribution is 7.90. The number of pyridine rings is 1. The number of amides is 1. The van der Waals surface area contributed by atoms with Crippen LogP contribution in [0.25, 0.3) is 10.9 Å². The van der Waals surface area contributed by atoms with Crippen molar-refractivity contribution >= 4 is 43.9 Å². The van der Waals surface area contributed by atoms with Crippen LogP contribution in [0.4, 0.5) is 5.69 Å². The topological polar surface area (TPSA) is 129 Å². The van der Waals surface area contributed by atoms with E-state index in [1.165, 1.54) is 6.07 Å². The fourth-order valence-electron chi connectivity index (χ4n) is 2.65. The van der Waals surface area contributed by atoms with Gasteiger partial charge in [-0.3, -0.25) is 9.89 Å². The fourth-order valence-corrected chi connectivity index (χ4v) is 3.69. The van der Waals surface area contributed by atoms with Crippen LogP contribution in [-0.4, -0.2) is 35.8 Å². The number of carbonyl (C=O) groups is 1. The molecular weight excluding hydrogens is 390 g/mol. The van der Waals surface area contributed by atoms with E-state index in [0.29, 0.717) is 27.7 Å². The predicted octanol–water partition coefficient (Wildman–Crippen LogP) is 2.76. The number of halogens is 1. The third-order valence-corrected chi connectivity index (χ3v) is 5.51. The smallest absolute Gasteiger partial charge is 0.274 e. The Morgan fingerprint density at radius 3 is 2.63 bits per heavy atom. The van der Waals surface area contributed by atoms with E-state index in [-0.39, 0.29) is 21.4 Å². The van der Waals surface area contributed by atoms with Crippen LogP contribution in [0.3, 0.4) is 0 Å². The van der Waals surface area contributed by atoms with Gasteiger partial charge in [0.2, 0.25) is 0 Å². The second-order valence-electron chi connectivity index (χ2n) is 6.00. The Balaban J connectivity index is 2.01. The highest BCUT2D eigenvalue weighted by Gasteiger charge is 2.20. The van der Waals surface area contributed by atoms with Gasteiger partial charge in [0, 0.05) is 17.3 Å². The Kier molecular flexibility index (Phi) is 4.63. The van der Waals surface area contributed by atoms with Crippen molar-refractivity contribution in [3.8, 4) is 6.07 Å². The molecule has 0 fully saturated rings. The van der Waals surface area contributed by atoms with E-state index in [2.05, 4.69) is 20.5 Å². The number of nitriles is 1. The molecule has 0 atom stereocenters. The molecule has 0 saturated carbocycles. The number of nitrogens with zero attached hydrogens (tertiary/aromatic N) is 3. The third-order valence-electron chi connectivity index (χ3n) is 4.18. The molecule has 2 N–H and O–H groups in total. The van der Waals surface area contributed by atoms with Gasteiger partial charge >= 0.3 is 0 Å². The van der Waals surface area contributed by atoms with Crippen molar-refractivity contribution in [1.29, 1.82) is 5.26 Å². The Bertz CT molecular complexity index is 1240. The van der Waals surface area contributed by atoms with E-state index < -0.39 is 15.7 Å². The quantitative estimate of drug-likeness (QED) is 0.647. The first kappa shape index (κ1) is 18.8. The van der Waals surface area contributed by atoms with Crippen molar-refractivity contribution in [3.63, 3.8) is 0 Å². The van der Waals surface area contributed by atoms with Crippen LogP contribution < -0.4 is 5.32 Å². The molecule has 3 aromatic rings. The van der Waals surface area contributed by atoms with Gasteiger partial charge in [-0.1, -0.05) is 11.6 Å². The van der Waals surface area contributed by atoms with Crippen LogP contribution >= 0.6 is 11.6 Å². The summed E-state index contributed by atoms with van der Waals surface area (Å²) >= 11 is 6.00. The number of hydrogen-bond acceptors (Lipinski definition) is 6. The van der Waals surface area contributed by atoms with E-state index in [1.807, 2.05) is 6.07 Å². The standard InChI is InChI=1S/C17H14ClN5O3S/c1-8-9(2)14(21-15(18)12(8)7-19)16(24)20-10-4-5-13-11(6-10)17(23-22-13)27(3,25)26/h4-6H,1-3H3,(H,20,24)(H,22,23). The van der Waals surface area contributed by atoms with E-state index in [0.717, 1.165) is 6.26 Å². The lowest BCUT2D eigenvalue weighted by atomic mass is 10.0. The molecule has 27 heavy (non-hydrogen) atoms. The molecular formula is C17H14ClN5O3S. The molecule has 0 saturated heterocycles. The highest BCUT2D eigenvalue weighted by atomic mass is 35.5. The first-order chi connectivity index (χ1) is 12.6. The second kappa shape index (κ2) is 6.64. The molecule has 0 spiro atoms. The predicted molar refractivity (Wildman–Crippen MR) is 101 cm³/mol. The molecule has 138 valence electrons. The average molecular weight is 404 g/mol. The largest absolute Gasteiger partial charge is 0.321 e. The number of rotatable bonds is 3. The summed E-state index contributed by atoms with van der Waals surface area (Å²) in [6.07, 6.45) is 1.07. The van der Waals surface area contributed by atoms with Gasteiger partial charge in [-0.2, -0.15) is 10.4 Å². The number of aromatic nitrogens is 3. The van der Waals surface area contributed by atoms with Gasteiger partial charge in [-0.05, 0) is 43.2 Å². The molecule has 0 aliphatic heterocycles. The zero-order valence-corrected chi connectivity index (χ0v) is 16.2. The first-order valence-electron chi connectivity index (χ1n) is 7.69. The maximum Gasteiger partial charge on any atom is 0.274 e. The Labute approximate surface area is 160 Å². The lowest BCUT2D eigenvalue weighted by molar-refractivity contribution is 0.102. The minimum Gasteiger partial charge on any atom is -0.321 e. The summed E-state index contributed by atoms with van der Waals surface area (Å²) in [5.41, 5.74) is 2.26. The van der Waals surface area contributed by atoms with Gasteiger partial charge in [0.25, 0.3) is 5.91 Å². The molecule has 3 rings (SSSR count). The summed E-state index contributed by atoms with van der Waals surface area (Å²) in [4.78, 5) is 16.7. The van der Waals surface area contributed by atoms with Gasteiger partial charge in [0.1, 0.15) is 16.9 Å². The second-order valence-corrected chi connectivity index (χ2v) is 8.31. The monoisotopic (exact) mass is 403 g/mol. The summed E-state index contributed by atoms with van der Waals surface area (Å²) < 4.78 is 23.7. The molecule has 10 heteroatoms. The zero-order valence-electron chi connectivity index (χ0n) is 14.6. The Hall–Kier alpha value is -2.96. The number of aromatic amines is 1. The van der Waals surface area contributed by atoms with Gasteiger partial charge < -0.3 is 5.32 Å².